The van der Waals surface area contributed by atoms with Crippen LogP contribution in [0.2, 0.25) is 0 Å². The zero-order valence-electron chi connectivity index (χ0n) is 11.5. The molecule has 100 valence electrons. The number of carbonyl (C=O) groups excluding carboxylic acids is 1. The number of benzene rings is 1. The largest absolute Gasteiger partial charge is 0.356 e. The van der Waals surface area contributed by atoms with Crippen LogP contribution in [0.5, 0.6) is 0 Å². The van der Waals surface area contributed by atoms with E-state index in [2.05, 4.69) is 29.6 Å². The molecule has 0 radical (unpaired) electrons. The monoisotopic (exact) mass is 255 g/mol. The first kappa shape index (κ1) is 12.5. The Kier molecular flexibility index (Phi) is 3.41. The molecule has 1 N–H and O–H groups in total. The van der Waals surface area contributed by atoms with Crippen molar-refractivity contribution in [3.05, 3.63) is 40.5 Å². The van der Waals surface area contributed by atoms with E-state index in [1.165, 1.54) is 29.5 Å². The van der Waals surface area contributed by atoms with Crippen LogP contribution in [-0.2, 0) is 17.6 Å². The van der Waals surface area contributed by atoms with Gasteiger partial charge in [-0.15, -0.1) is 0 Å². The Balaban J connectivity index is 1.73. The Labute approximate surface area is 114 Å². The highest BCUT2D eigenvalue weighted by Gasteiger charge is 2.26. The van der Waals surface area contributed by atoms with Crippen molar-refractivity contribution in [3.8, 4) is 0 Å². The zero-order valence-corrected chi connectivity index (χ0v) is 11.5. The minimum Gasteiger partial charge on any atom is -0.356 e. The Morgan fingerprint density at radius 2 is 2.21 bits per heavy atom. The van der Waals surface area contributed by atoms with Gasteiger partial charge in [0.15, 0.2) is 0 Å². The summed E-state index contributed by atoms with van der Waals surface area (Å²) in [6.45, 7) is 2.71. The molecule has 0 unspecified atom stereocenters. The summed E-state index contributed by atoms with van der Waals surface area (Å²) in [5.41, 5.74) is 6.04. The summed E-state index contributed by atoms with van der Waals surface area (Å²) < 4.78 is 0. The predicted molar refractivity (Wildman–Crippen MR) is 78.2 cm³/mol. The van der Waals surface area contributed by atoms with E-state index in [1.54, 1.807) is 5.56 Å². The molecule has 2 heteroatoms. The summed E-state index contributed by atoms with van der Waals surface area (Å²) in [6, 6.07) is 4.60. The van der Waals surface area contributed by atoms with Crippen LogP contribution in [0.1, 0.15) is 54.4 Å². The lowest BCUT2D eigenvalue weighted by molar-refractivity contribution is -0.120. The average molecular weight is 255 g/mol. The maximum atomic E-state index is 11.3. The number of hydrogen-bond donors (Lipinski definition) is 1. The molecule has 0 spiro atoms. The van der Waals surface area contributed by atoms with Crippen molar-refractivity contribution in [2.24, 2.45) is 0 Å². The molecular weight excluding hydrogens is 234 g/mol. The molecule has 0 aliphatic heterocycles. The Bertz CT molecular complexity index is 530. The van der Waals surface area contributed by atoms with Gasteiger partial charge in [-0.25, -0.2) is 0 Å². The van der Waals surface area contributed by atoms with Crippen LogP contribution in [0.4, 0.5) is 0 Å². The molecule has 1 aromatic carbocycles. The van der Waals surface area contributed by atoms with Gasteiger partial charge >= 0.3 is 0 Å². The predicted octanol–water partition coefficient (Wildman–Crippen LogP) is 3.20. The average Bonchev–Trinajstić information content (AvgIpc) is 3.03. The first-order valence-electron chi connectivity index (χ1n) is 7.37. The van der Waals surface area contributed by atoms with E-state index in [-0.39, 0.29) is 5.91 Å². The molecular formula is C17H21NO. The van der Waals surface area contributed by atoms with Gasteiger partial charge in [0.1, 0.15) is 0 Å². The number of amides is 1. The zero-order chi connectivity index (χ0) is 13.2. The van der Waals surface area contributed by atoms with Crippen LogP contribution in [0.15, 0.2) is 18.2 Å². The molecule has 0 heterocycles. The molecule has 0 saturated carbocycles. The van der Waals surface area contributed by atoms with E-state index in [0.717, 1.165) is 19.4 Å². The lowest BCUT2D eigenvalue weighted by Gasteiger charge is -2.15. The van der Waals surface area contributed by atoms with E-state index < -0.39 is 0 Å². The summed E-state index contributed by atoms with van der Waals surface area (Å²) in [6.07, 6.45) is 9.73. The standard InChI is InChI=1S/C17H21NO/c1-2-16(19)18-11-10-14-9-8-13-7-6-12-4-3-5-15(12)17(13)14/h3,5-7,14H,2,4,8-11H2,1H3,(H,18,19)/t14-/m0/s1. The summed E-state index contributed by atoms with van der Waals surface area (Å²) in [7, 11) is 0. The first-order valence-corrected chi connectivity index (χ1v) is 7.37. The maximum Gasteiger partial charge on any atom is 0.219 e. The van der Waals surface area contributed by atoms with Gasteiger partial charge in [-0.05, 0) is 53.9 Å². The third-order valence-electron chi connectivity index (χ3n) is 4.40. The van der Waals surface area contributed by atoms with E-state index in [0.29, 0.717) is 12.3 Å². The van der Waals surface area contributed by atoms with Crippen LogP contribution < -0.4 is 5.32 Å². The van der Waals surface area contributed by atoms with Gasteiger partial charge in [0.2, 0.25) is 5.91 Å². The van der Waals surface area contributed by atoms with Crippen LogP contribution in [0.25, 0.3) is 6.08 Å². The molecule has 1 atom stereocenters. The number of carbonyl (C=O) groups is 1. The van der Waals surface area contributed by atoms with Crippen molar-refractivity contribution in [3.63, 3.8) is 0 Å². The number of nitrogens with one attached hydrogen (secondary N) is 1. The third-order valence-corrected chi connectivity index (χ3v) is 4.40. The van der Waals surface area contributed by atoms with Crippen LogP contribution in [-0.4, -0.2) is 12.5 Å². The van der Waals surface area contributed by atoms with Gasteiger partial charge in [0.25, 0.3) is 0 Å². The molecule has 2 aliphatic rings. The van der Waals surface area contributed by atoms with Crippen molar-refractivity contribution in [1.29, 1.82) is 0 Å². The quantitative estimate of drug-likeness (QED) is 0.879. The van der Waals surface area contributed by atoms with Crippen molar-refractivity contribution in [1.82, 2.24) is 5.32 Å². The van der Waals surface area contributed by atoms with Crippen LogP contribution in [0, 0.1) is 0 Å². The fraction of sp³-hybridized carbons (Fsp3) is 0.471. The van der Waals surface area contributed by atoms with Gasteiger partial charge in [-0.3, -0.25) is 4.79 Å². The number of hydrogen-bond acceptors (Lipinski definition) is 1. The van der Waals surface area contributed by atoms with Gasteiger partial charge < -0.3 is 5.32 Å². The highest BCUT2D eigenvalue weighted by atomic mass is 16.1. The lowest BCUT2D eigenvalue weighted by Crippen LogP contribution is -2.24. The second-order valence-corrected chi connectivity index (χ2v) is 5.55. The Hall–Kier alpha value is -1.57. The Morgan fingerprint density at radius 1 is 1.37 bits per heavy atom. The maximum absolute atomic E-state index is 11.3. The van der Waals surface area contributed by atoms with Crippen molar-refractivity contribution in [2.75, 3.05) is 6.54 Å². The fourth-order valence-electron chi connectivity index (χ4n) is 3.38. The van der Waals surface area contributed by atoms with E-state index in [4.69, 9.17) is 0 Å². The normalized spacial score (nSPS) is 19.3. The van der Waals surface area contributed by atoms with Gasteiger partial charge in [-0.2, -0.15) is 0 Å². The number of aryl methyl sites for hydroxylation is 1. The highest BCUT2D eigenvalue weighted by Crippen LogP contribution is 2.41. The fourth-order valence-corrected chi connectivity index (χ4v) is 3.38. The minimum absolute atomic E-state index is 0.163. The molecule has 0 bridgehead atoms. The Morgan fingerprint density at radius 3 is 3.05 bits per heavy atom. The minimum atomic E-state index is 0.163. The van der Waals surface area contributed by atoms with Crippen molar-refractivity contribution < 1.29 is 4.79 Å². The SMILES string of the molecule is CCC(=O)NCC[C@@H]1CCc2ccc3c(c21)C=CC3. The van der Waals surface area contributed by atoms with Gasteiger partial charge in [0.05, 0.1) is 0 Å². The molecule has 2 nitrogen and oxygen atoms in total. The third kappa shape index (κ3) is 2.32. The summed E-state index contributed by atoms with van der Waals surface area (Å²) in [4.78, 5) is 11.3. The number of allylic oxidation sites excluding steroid dienone is 1. The summed E-state index contributed by atoms with van der Waals surface area (Å²) in [5, 5.41) is 3.00. The van der Waals surface area contributed by atoms with Gasteiger partial charge in [-0.1, -0.05) is 31.2 Å². The number of rotatable bonds is 4. The number of fused-ring (bicyclic) bond motifs is 3. The van der Waals surface area contributed by atoms with Crippen molar-refractivity contribution >= 4 is 12.0 Å². The van der Waals surface area contributed by atoms with Crippen LogP contribution in [0.3, 0.4) is 0 Å². The highest BCUT2D eigenvalue weighted by molar-refractivity contribution is 5.75. The smallest absolute Gasteiger partial charge is 0.219 e. The van der Waals surface area contributed by atoms with Crippen molar-refractivity contribution in [2.45, 2.75) is 44.9 Å². The first-order chi connectivity index (χ1) is 9.29. The molecule has 0 aromatic heterocycles. The summed E-state index contributed by atoms with van der Waals surface area (Å²) >= 11 is 0. The summed E-state index contributed by atoms with van der Waals surface area (Å²) in [5.74, 6) is 0.793. The molecule has 1 amide bonds. The molecule has 0 fully saturated rings. The second-order valence-electron chi connectivity index (χ2n) is 5.55. The molecule has 0 saturated heterocycles. The second kappa shape index (κ2) is 5.20. The molecule has 19 heavy (non-hydrogen) atoms. The lowest BCUT2D eigenvalue weighted by atomic mass is 9.91. The van der Waals surface area contributed by atoms with E-state index in [9.17, 15) is 4.79 Å². The van der Waals surface area contributed by atoms with E-state index >= 15 is 0 Å². The van der Waals surface area contributed by atoms with E-state index in [1.807, 2.05) is 6.92 Å². The molecule has 3 rings (SSSR count). The van der Waals surface area contributed by atoms with Gasteiger partial charge in [0, 0.05) is 13.0 Å². The van der Waals surface area contributed by atoms with Crippen LogP contribution >= 0.6 is 0 Å². The topological polar surface area (TPSA) is 29.1 Å². The molecule has 2 aliphatic carbocycles. The molecule has 1 aromatic rings.